The summed E-state index contributed by atoms with van der Waals surface area (Å²) >= 11 is 0. The number of hydrazine groups is 1. The van der Waals surface area contributed by atoms with Gasteiger partial charge in [0.25, 0.3) is 0 Å². The Hall–Kier alpha value is -2.89. The Kier molecular flexibility index (Phi) is 4.23. The van der Waals surface area contributed by atoms with E-state index in [1.165, 1.54) is 0 Å². The first-order valence-electron chi connectivity index (χ1n) is 7.19. The van der Waals surface area contributed by atoms with E-state index in [4.69, 9.17) is 21.5 Å². The standard InChI is InChI=1S/C15H17N7O/c16-3-1-11-8-20-15-7-14(18)22(21(15)10-11)12-9-19-5-2-13(12)23-6-4-17/h2,5,7-10,14H,1,4,6,17-18H2. The molecule has 3 rings (SSSR count). The van der Waals surface area contributed by atoms with Crippen molar-refractivity contribution in [3.63, 3.8) is 0 Å². The highest BCUT2D eigenvalue weighted by atomic mass is 16.5. The van der Waals surface area contributed by atoms with E-state index in [1.54, 1.807) is 24.7 Å². The molecule has 2 aliphatic heterocycles. The number of allylic oxidation sites excluding steroid dienone is 1. The minimum Gasteiger partial charge on any atom is -0.490 e. The fourth-order valence-corrected chi connectivity index (χ4v) is 2.42. The number of aromatic nitrogens is 1. The Morgan fingerprint density at radius 2 is 2.30 bits per heavy atom. The van der Waals surface area contributed by atoms with Crippen molar-refractivity contribution in [3.8, 4) is 11.8 Å². The largest absolute Gasteiger partial charge is 0.490 e. The maximum atomic E-state index is 8.87. The van der Waals surface area contributed by atoms with Gasteiger partial charge in [-0.2, -0.15) is 5.26 Å². The van der Waals surface area contributed by atoms with Crippen LogP contribution in [0.25, 0.3) is 0 Å². The van der Waals surface area contributed by atoms with Gasteiger partial charge in [-0.15, -0.1) is 0 Å². The number of nitriles is 1. The Labute approximate surface area is 133 Å². The zero-order valence-corrected chi connectivity index (χ0v) is 12.5. The fourth-order valence-electron chi connectivity index (χ4n) is 2.42. The predicted molar refractivity (Wildman–Crippen MR) is 86.0 cm³/mol. The van der Waals surface area contributed by atoms with Crippen molar-refractivity contribution in [2.75, 3.05) is 18.2 Å². The van der Waals surface area contributed by atoms with E-state index in [9.17, 15) is 0 Å². The molecule has 0 saturated carbocycles. The Morgan fingerprint density at radius 3 is 3.09 bits per heavy atom. The second-order valence-corrected chi connectivity index (χ2v) is 4.98. The molecule has 1 unspecified atom stereocenters. The van der Waals surface area contributed by atoms with Gasteiger partial charge < -0.3 is 16.2 Å². The second-order valence-electron chi connectivity index (χ2n) is 4.98. The van der Waals surface area contributed by atoms with E-state index in [-0.39, 0.29) is 6.42 Å². The first kappa shape index (κ1) is 15.0. The molecule has 0 aromatic carbocycles. The molecule has 0 amide bonds. The third-order valence-corrected chi connectivity index (χ3v) is 3.39. The van der Waals surface area contributed by atoms with E-state index < -0.39 is 6.17 Å². The van der Waals surface area contributed by atoms with Crippen LogP contribution in [0, 0.1) is 11.3 Å². The molecule has 0 radical (unpaired) electrons. The van der Waals surface area contributed by atoms with Crippen LogP contribution in [0.4, 0.5) is 5.69 Å². The van der Waals surface area contributed by atoms with Crippen LogP contribution >= 0.6 is 0 Å². The molecule has 0 fully saturated rings. The fraction of sp³-hybridized carbons (Fsp3) is 0.267. The molecule has 1 aromatic heterocycles. The SMILES string of the molecule is N#CCC1=CN2C(=CC(N)N2c2cnccc2OCCN)N=C1. The summed E-state index contributed by atoms with van der Waals surface area (Å²) in [6, 6.07) is 3.88. The van der Waals surface area contributed by atoms with Gasteiger partial charge in [-0.1, -0.05) is 0 Å². The maximum absolute atomic E-state index is 8.87. The molecule has 1 aromatic rings. The minimum absolute atomic E-state index is 0.278. The first-order valence-corrected chi connectivity index (χ1v) is 7.19. The number of nitrogens with zero attached hydrogens (tertiary/aromatic N) is 5. The summed E-state index contributed by atoms with van der Waals surface area (Å²) in [6.07, 6.45) is 8.54. The molecule has 0 spiro atoms. The van der Waals surface area contributed by atoms with E-state index in [1.807, 2.05) is 22.3 Å². The van der Waals surface area contributed by atoms with Crippen molar-refractivity contribution >= 4 is 11.9 Å². The molecule has 8 nitrogen and oxygen atoms in total. The number of rotatable bonds is 5. The van der Waals surface area contributed by atoms with Gasteiger partial charge in [-0.3, -0.25) is 9.99 Å². The van der Waals surface area contributed by atoms with Gasteiger partial charge in [0.15, 0.2) is 5.82 Å². The van der Waals surface area contributed by atoms with Crippen molar-refractivity contribution in [1.82, 2.24) is 9.99 Å². The molecule has 0 aliphatic carbocycles. The first-order chi connectivity index (χ1) is 11.2. The van der Waals surface area contributed by atoms with Crippen LogP contribution < -0.4 is 21.2 Å². The number of hydrogen-bond donors (Lipinski definition) is 2. The van der Waals surface area contributed by atoms with Crippen LogP contribution in [0.5, 0.6) is 5.75 Å². The summed E-state index contributed by atoms with van der Waals surface area (Å²) in [7, 11) is 0. The average molecular weight is 311 g/mol. The number of aliphatic imine (C=N–C) groups is 1. The van der Waals surface area contributed by atoms with Gasteiger partial charge >= 0.3 is 0 Å². The summed E-state index contributed by atoms with van der Waals surface area (Å²) < 4.78 is 5.68. The van der Waals surface area contributed by atoms with Crippen LogP contribution in [-0.4, -0.2) is 35.5 Å². The Morgan fingerprint density at radius 1 is 1.43 bits per heavy atom. The molecule has 8 heteroatoms. The highest BCUT2D eigenvalue weighted by molar-refractivity contribution is 5.81. The lowest BCUT2D eigenvalue weighted by molar-refractivity contribution is 0.322. The summed E-state index contributed by atoms with van der Waals surface area (Å²) in [5, 5.41) is 12.5. The zero-order valence-electron chi connectivity index (χ0n) is 12.5. The van der Waals surface area contributed by atoms with Gasteiger partial charge in [0, 0.05) is 36.8 Å². The molecular weight excluding hydrogens is 294 g/mol. The lowest BCUT2D eigenvalue weighted by Gasteiger charge is -2.34. The quantitative estimate of drug-likeness (QED) is 0.811. The lowest BCUT2D eigenvalue weighted by atomic mass is 10.2. The van der Waals surface area contributed by atoms with Crippen LogP contribution in [0.3, 0.4) is 0 Å². The van der Waals surface area contributed by atoms with Gasteiger partial charge in [0.05, 0.1) is 18.7 Å². The number of fused-ring (bicyclic) bond motifs is 1. The van der Waals surface area contributed by atoms with Gasteiger partial charge in [-0.05, 0) is 6.08 Å². The smallest absolute Gasteiger partial charge is 0.150 e. The summed E-state index contributed by atoms with van der Waals surface area (Å²) in [6.45, 7) is 0.811. The number of nitrogens with two attached hydrogens (primary N) is 2. The topological polar surface area (TPSA) is 117 Å². The normalized spacial score (nSPS) is 19.1. The van der Waals surface area contributed by atoms with E-state index in [0.717, 1.165) is 5.57 Å². The minimum atomic E-state index is -0.413. The van der Waals surface area contributed by atoms with Crippen LogP contribution in [0.15, 0.2) is 47.1 Å². The van der Waals surface area contributed by atoms with E-state index in [2.05, 4.69) is 16.0 Å². The predicted octanol–water partition coefficient (Wildman–Crippen LogP) is 0.464. The monoisotopic (exact) mass is 311 g/mol. The molecule has 118 valence electrons. The molecular formula is C15H17N7O. The van der Waals surface area contributed by atoms with Gasteiger partial charge in [0.2, 0.25) is 0 Å². The van der Waals surface area contributed by atoms with Crippen LogP contribution in [0.2, 0.25) is 0 Å². The van der Waals surface area contributed by atoms with Crippen molar-refractivity contribution in [3.05, 3.63) is 42.1 Å². The van der Waals surface area contributed by atoms with Crippen molar-refractivity contribution in [2.24, 2.45) is 16.5 Å². The van der Waals surface area contributed by atoms with E-state index in [0.29, 0.717) is 30.4 Å². The molecule has 1 atom stereocenters. The van der Waals surface area contributed by atoms with Crippen LogP contribution in [0.1, 0.15) is 6.42 Å². The Balaban J connectivity index is 1.94. The Bertz CT molecular complexity index is 719. The van der Waals surface area contributed by atoms with Gasteiger partial charge in [-0.25, -0.2) is 10.0 Å². The average Bonchev–Trinajstić information content (AvgIpc) is 2.89. The lowest BCUT2D eigenvalue weighted by Crippen LogP contribution is -2.45. The van der Waals surface area contributed by atoms with E-state index >= 15 is 0 Å². The summed E-state index contributed by atoms with van der Waals surface area (Å²) in [4.78, 5) is 8.50. The second kappa shape index (κ2) is 6.48. The molecule has 3 heterocycles. The highest BCUT2D eigenvalue weighted by Gasteiger charge is 2.32. The molecule has 4 N–H and O–H groups in total. The maximum Gasteiger partial charge on any atom is 0.150 e. The van der Waals surface area contributed by atoms with Crippen molar-refractivity contribution in [2.45, 2.75) is 12.6 Å². The zero-order chi connectivity index (χ0) is 16.2. The van der Waals surface area contributed by atoms with Crippen molar-refractivity contribution < 1.29 is 4.74 Å². The highest BCUT2D eigenvalue weighted by Crippen LogP contribution is 2.35. The van der Waals surface area contributed by atoms with Crippen molar-refractivity contribution in [1.29, 1.82) is 5.26 Å². The molecule has 23 heavy (non-hydrogen) atoms. The number of hydrogen-bond acceptors (Lipinski definition) is 8. The number of pyridine rings is 1. The third kappa shape index (κ3) is 2.88. The molecule has 0 bridgehead atoms. The summed E-state index contributed by atoms with van der Waals surface area (Å²) in [5.41, 5.74) is 13.2. The summed E-state index contributed by atoms with van der Waals surface area (Å²) in [5.74, 6) is 1.34. The molecule has 2 aliphatic rings. The number of ether oxygens (including phenoxy) is 1. The van der Waals surface area contributed by atoms with Gasteiger partial charge in [0.1, 0.15) is 24.2 Å². The number of anilines is 1. The third-order valence-electron chi connectivity index (χ3n) is 3.39. The molecule has 0 saturated heterocycles. The van der Waals surface area contributed by atoms with Crippen LogP contribution in [-0.2, 0) is 0 Å².